The summed E-state index contributed by atoms with van der Waals surface area (Å²) in [5, 5.41) is 21.2. The van der Waals surface area contributed by atoms with Crippen LogP contribution >= 0.6 is 0 Å². The summed E-state index contributed by atoms with van der Waals surface area (Å²) >= 11 is 0. The number of nitro benzene ring substituents is 1. The number of carboxylic acids is 1. The highest BCUT2D eigenvalue weighted by Crippen LogP contribution is 2.39. The number of hydrogen-bond acceptors (Lipinski definition) is 7. The summed E-state index contributed by atoms with van der Waals surface area (Å²) in [5.41, 5.74) is 1.57. The number of carboxylic acid groups (broad SMARTS) is 1. The number of aliphatic carboxylic acids is 1. The number of non-ortho nitro benzene ring substituents is 1. The minimum Gasteiger partial charge on any atom is -0.480 e. The fourth-order valence-corrected chi connectivity index (χ4v) is 7.74. The lowest BCUT2D eigenvalue weighted by Gasteiger charge is -2.39. The maximum atomic E-state index is 14.3. The molecule has 2 aromatic carbocycles. The van der Waals surface area contributed by atoms with Crippen molar-refractivity contribution >= 4 is 17.7 Å². The normalized spacial score (nSPS) is 22.3. The number of hydrogen-bond donors (Lipinski definition) is 1. The molecule has 3 aliphatic rings. The third-order valence-corrected chi connectivity index (χ3v) is 10.0. The van der Waals surface area contributed by atoms with E-state index in [2.05, 4.69) is 16.4 Å². The SMILES string of the molecule is C=CCN(C(=O)OCc1ccc([N+](=O)[O-])cc1)C1CCN(C[C@H]2CN([C@@H](C(=O)O)C3CCCCC3)C[C@@H]2c2cccc(F)c2)CC1. The minimum atomic E-state index is -0.755. The van der Waals surface area contributed by atoms with Gasteiger partial charge >= 0.3 is 12.1 Å². The van der Waals surface area contributed by atoms with Gasteiger partial charge in [-0.2, -0.15) is 0 Å². The molecule has 248 valence electrons. The molecule has 5 rings (SSSR count). The molecular formula is C35H45FN4O6. The smallest absolute Gasteiger partial charge is 0.410 e. The highest BCUT2D eigenvalue weighted by molar-refractivity contribution is 5.74. The van der Waals surface area contributed by atoms with Gasteiger partial charge in [-0.05, 0) is 72.9 Å². The van der Waals surface area contributed by atoms with E-state index in [4.69, 9.17) is 4.74 Å². The van der Waals surface area contributed by atoms with E-state index < -0.39 is 23.0 Å². The summed E-state index contributed by atoms with van der Waals surface area (Å²) in [6.45, 7) is 7.75. The summed E-state index contributed by atoms with van der Waals surface area (Å²) in [6.07, 6.45) is 7.92. The van der Waals surface area contributed by atoms with Gasteiger partial charge in [0.25, 0.3) is 5.69 Å². The van der Waals surface area contributed by atoms with Crippen molar-refractivity contribution in [2.24, 2.45) is 11.8 Å². The number of ether oxygens (including phenoxy) is 1. The minimum absolute atomic E-state index is 0.0150. The molecule has 3 atom stereocenters. The van der Waals surface area contributed by atoms with Crippen molar-refractivity contribution in [2.75, 3.05) is 39.3 Å². The molecule has 1 N–H and O–H groups in total. The predicted octanol–water partition coefficient (Wildman–Crippen LogP) is 6.07. The van der Waals surface area contributed by atoms with E-state index in [1.54, 1.807) is 35.2 Å². The van der Waals surface area contributed by atoms with Crippen LogP contribution in [0.1, 0.15) is 62.0 Å². The Hall–Kier alpha value is -3.83. The van der Waals surface area contributed by atoms with Gasteiger partial charge in [0.2, 0.25) is 0 Å². The molecule has 46 heavy (non-hydrogen) atoms. The van der Waals surface area contributed by atoms with Gasteiger partial charge < -0.3 is 19.6 Å². The van der Waals surface area contributed by atoms with E-state index in [1.165, 1.54) is 18.2 Å². The number of piperidine rings is 1. The maximum Gasteiger partial charge on any atom is 0.410 e. The van der Waals surface area contributed by atoms with Crippen molar-refractivity contribution in [3.63, 3.8) is 0 Å². The van der Waals surface area contributed by atoms with Crippen molar-refractivity contribution in [3.05, 3.63) is 88.2 Å². The number of benzene rings is 2. The maximum absolute atomic E-state index is 14.3. The van der Waals surface area contributed by atoms with E-state index >= 15 is 0 Å². The summed E-state index contributed by atoms with van der Waals surface area (Å²) in [6, 6.07) is 12.1. The van der Waals surface area contributed by atoms with Crippen LogP contribution in [0.4, 0.5) is 14.9 Å². The Morgan fingerprint density at radius 3 is 2.43 bits per heavy atom. The number of amides is 1. The van der Waals surface area contributed by atoms with Crippen molar-refractivity contribution in [1.29, 1.82) is 0 Å². The molecule has 0 unspecified atom stereocenters. The molecule has 3 fully saturated rings. The summed E-state index contributed by atoms with van der Waals surface area (Å²) in [5.74, 6) is -0.704. The molecule has 2 aromatic rings. The topological polar surface area (TPSA) is 116 Å². The first-order valence-corrected chi connectivity index (χ1v) is 16.5. The van der Waals surface area contributed by atoms with Gasteiger partial charge in [0.05, 0.1) is 4.92 Å². The number of nitro groups is 1. The molecule has 1 amide bonds. The molecule has 2 aliphatic heterocycles. The van der Waals surface area contributed by atoms with Crippen molar-refractivity contribution in [1.82, 2.24) is 14.7 Å². The standard InChI is InChI=1S/C35H45FN4O6/c1-2-17-39(35(43)46-24-25-11-13-31(14-12-25)40(44)45)30-15-18-37(19-16-30)21-28-22-38(23-32(28)27-9-6-10-29(36)20-27)33(34(41)42)26-7-4-3-5-8-26/h2,6,9-14,20,26,28,30,32-33H,1,3-5,7-8,15-19,21-24H2,(H,41,42)/t28-,32+,33+/m0/s1. The molecule has 10 nitrogen and oxygen atoms in total. The molecule has 11 heteroatoms. The fourth-order valence-electron chi connectivity index (χ4n) is 7.74. The highest BCUT2D eigenvalue weighted by Gasteiger charge is 2.43. The van der Waals surface area contributed by atoms with Crippen LogP contribution in [-0.4, -0.2) is 88.1 Å². The number of likely N-dealkylation sites (tertiary alicyclic amines) is 2. The average molecular weight is 637 g/mol. The molecule has 1 saturated carbocycles. The van der Waals surface area contributed by atoms with Gasteiger partial charge in [-0.25, -0.2) is 9.18 Å². The van der Waals surface area contributed by atoms with Crippen LogP contribution in [0, 0.1) is 27.8 Å². The third kappa shape index (κ3) is 8.30. The Labute approximate surface area is 270 Å². The lowest BCUT2D eigenvalue weighted by molar-refractivity contribution is -0.384. The largest absolute Gasteiger partial charge is 0.480 e. The molecule has 0 radical (unpaired) electrons. The molecule has 2 heterocycles. The predicted molar refractivity (Wildman–Crippen MR) is 172 cm³/mol. The van der Waals surface area contributed by atoms with Crippen molar-refractivity contribution in [3.8, 4) is 0 Å². The monoisotopic (exact) mass is 636 g/mol. The number of nitrogens with zero attached hydrogens (tertiary/aromatic N) is 4. The zero-order valence-electron chi connectivity index (χ0n) is 26.3. The Kier molecular flexibility index (Phi) is 11.4. The lowest BCUT2D eigenvalue weighted by atomic mass is 9.83. The van der Waals surface area contributed by atoms with Crippen LogP contribution in [0.3, 0.4) is 0 Å². The zero-order valence-corrected chi connectivity index (χ0v) is 26.3. The number of halogens is 1. The zero-order chi connectivity index (χ0) is 32.6. The van der Waals surface area contributed by atoms with Gasteiger partial charge in [0.1, 0.15) is 18.5 Å². The number of carbonyl (C=O) groups excluding carboxylic acids is 1. The van der Waals surface area contributed by atoms with Gasteiger partial charge in [-0.15, -0.1) is 6.58 Å². The molecule has 0 bridgehead atoms. The van der Waals surface area contributed by atoms with Crippen LogP contribution in [0.25, 0.3) is 0 Å². The van der Waals surface area contributed by atoms with E-state index in [0.717, 1.165) is 70.1 Å². The first-order valence-electron chi connectivity index (χ1n) is 16.5. The van der Waals surface area contributed by atoms with Gasteiger partial charge in [0, 0.05) is 63.4 Å². The summed E-state index contributed by atoms with van der Waals surface area (Å²) in [7, 11) is 0. The number of rotatable bonds is 12. The summed E-state index contributed by atoms with van der Waals surface area (Å²) in [4.78, 5) is 42.4. The van der Waals surface area contributed by atoms with E-state index in [-0.39, 0.29) is 41.9 Å². The van der Waals surface area contributed by atoms with Crippen LogP contribution < -0.4 is 0 Å². The second kappa shape index (κ2) is 15.6. The van der Waals surface area contributed by atoms with Crippen LogP contribution in [0.2, 0.25) is 0 Å². The van der Waals surface area contributed by atoms with E-state index in [1.807, 2.05) is 6.07 Å². The average Bonchev–Trinajstić information content (AvgIpc) is 3.46. The first-order chi connectivity index (χ1) is 22.2. The fraction of sp³-hybridized carbons (Fsp3) is 0.543. The summed E-state index contributed by atoms with van der Waals surface area (Å²) < 4.78 is 19.9. The Morgan fingerprint density at radius 2 is 1.80 bits per heavy atom. The van der Waals surface area contributed by atoms with Crippen LogP contribution in [0.5, 0.6) is 0 Å². The quantitative estimate of drug-likeness (QED) is 0.170. The Morgan fingerprint density at radius 1 is 1.09 bits per heavy atom. The van der Waals surface area contributed by atoms with E-state index in [9.17, 15) is 29.2 Å². The molecule has 0 aromatic heterocycles. The second-order valence-electron chi connectivity index (χ2n) is 13.0. The van der Waals surface area contributed by atoms with Crippen molar-refractivity contribution < 1.29 is 28.7 Å². The Balaban J connectivity index is 1.21. The third-order valence-electron chi connectivity index (χ3n) is 10.0. The molecule has 2 saturated heterocycles. The lowest BCUT2D eigenvalue weighted by Crippen LogP contribution is -2.49. The van der Waals surface area contributed by atoms with Gasteiger partial charge in [-0.3, -0.25) is 19.8 Å². The van der Waals surface area contributed by atoms with Crippen LogP contribution in [0.15, 0.2) is 61.2 Å². The number of carbonyl (C=O) groups is 2. The molecular weight excluding hydrogens is 591 g/mol. The molecule has 1 aliphatic carbocycles. The van der Waals surface area contributed by atoms with E-state index in [0.29, 0.717) is 25.2 Å². The first kappa shape index (κ1) is 33.5. The second-order valence-corrected chi connectivity index (χ2v) is 13.0. The van der Waals surface area contributed by atoms with Gasteiger partial charge in [-0.1, -0.05) is 37.5 Å². The van der Waals surface area contributed by atoms with Crippen molar-refractivity contribution in [2.45, 2.75) is 69.6 Å². The van der Waals surface area contributed by atoms with Crippen LogP contribution in [-0.2, 0) is 16.1 Å². The Bertz CT molecular complexity index is 1360. The van der Waals surface area contributed by atoms with Gasteiger partial charge in [0.15, 0.2) is 0 Å². The highest BCUT2D eigenvalue weighted by atomic mass is 19.1. The molecule has 0 spiro atoms.